The minimum Gasteiger partial charge on any atom is -0.496 e. The Morgan fingerprint density at radius 1 is 0.926 bits per heavy atom. The first-order valence-electron chi connectivity index (χ1n) is 8.89. The Hall–Kier alpha value is -2.89. The molecule has 0 atom stereocenters. The second kappa shape index (κ2) is 9.71. The third-order valence-corrected chi connectivity index (χ3v) is 4.01. The monoisotopic (exact) mass is 372 g/mol. The molecule has 2 N–H and O–H groups in total. The van der Waals surface area contributed by atoms with Gasteiger partial charge in [-0.25, -0.2) is 0 Å². The van der Waals surface area contributed by atoms with Gasteiger partial charge in [0.1, 0.15) is 5.75 Å². The molecular weight excluding hydrogens is 344 g/mol. The van der Waals surface area contributed by atoms with E-state index in [4.69, 9.17) is 14.2 Å². The van der Waals surface area contributed by atoms with Gasteiger partial charge in [0.2, 0.25) is 5.91 Å². The van der Waals surface area contributed by atoms with Crippen molar-refractivity contribution in [1.82, 2.24) is 0 Å². The number of anilines is 2. The minimum atomic E-state index is 0.0173. The third kappa shape index (κ3) is 5.81. The molecule has 0 bridgehead atoms. The summed E-state index contributed by atoms with van der Waals surface area (Å²) in [7, 11) is 4.81. The van der Waals surface area contributed by atoms with E-state index < -0.39 is 0 Å². The summed E-state index contributed by atoms with van der Waals surface area (Å²) in [4.78, 5) is 12.0. The number of hydrogen-bond donors (Lipinski definition) is 2. The summed E-state index contributed by atoms with van der Waals surface area (Å²) in [5.41, 5.74) is 2.60. The topological polar surface area (TPSA) is 68.8 Å². The summed E-state index contributed by atoms with van der Waals surface area (Å²) in [6, 6.07) is 11.3. The van der Waals surface area contributed by atoms with Crippen molar-refractivity contribution in [2.45, 2.75) is 26.8 Å². The van der Waals surface area contributed by atoms with Crippen LogP contribution in [0.2, 0.25) is 0 Å². The molecule has 146 valence electrons. The molecule has 0 aliphatic heterocycles. The van der Waals surface area contributed by atoms with Crippen LogP contribution in [0.1, 0.15) is 25.8 Å². The zero-order chi connectivity index (χ0) is 19.8. The van der Waals surface area contributed by atoms with Gasteiger partial charge in [-0.05, 0) is 30.2 Å². The Morgan fingerprint density at radius 2 is 1.56 bits per heavy atom. The first-order chi connectivity index (χ1) is 13.0. The number of methoxy groups -OCH3 is 3. The van der Waals surface area contributed by atoms with Crippen LogP contribution in [0.5, 0.6) is 17.2 Å². The second-order valence-corrected chi connectivity index (χ2v) is 6.60. The van der Waals surface area contributed by atoms with Crippen LogP contribution in [0.25, 0.3) is 0 Å². The van der Waals surface area contributed by atoms with Crippen LogP contribution in [-0.2, 0) is 11.3 Å². The Bertz CT molecular complexity index is 775. The van der Waals surface area contributed by atoms with E-state index in [-0.39, 0.29) is 5.91 Å². The lowest BCUT2D eigenvalue weighted by Crippen LogP contribution is -2.14. The highest BCUT2D eigenvalue weighted by Gasteiger charge is 2.12. The average Bonchev–Trinajstić information content (AvgIpc) is 2.65. The maximum absolute atomic E-state index is 12.0. The van der Waals surface area contributed by atoms with E-state index in [1.807, 2.05) is 44.2 Å². The zero-order valence-electron chi connectivity index (χ0n) is 16.6. The molecule has 6 nitrogen and oxygen atoms in total. The van der Waals surface area contributed by atoms with E-state index in [1.165, 1.54) is 0 Å². The molecule has 0 unspecified atom stereocenters. The van der Waals surface area contributed by atoms with Crippen LogP contribution in [0.3, 0.4) is 0 Å². The fraction of sp³-hybridized carbons (Fsp3) is 0.381. The molecule has 0 fully saturated rings. The molecule has 2 aromatic rings. The van der Waals surface area contributed by atoms with Crippen molar-refractivity contribution in [2.24, 2.45) is 5.92 Å². The van der Waals surface area contributed by atoms with Crippen molar-refractivity contribution in [3.05, 3.63) is 42.0 Å². The minimum absolute atomic E-state index is 0.0173. The van der Waals surface area contributed by atoms with E-state index in [1.54, 1.807) is 27.4 Å². The largest absolute Gasteiger partial charge is 0.496 e. The van der Waals surface area contributed by atoms with Crippen molar-refractivity contribution in [2.75, 3.05) is 32.0 Å². The van der Waals surface area contributed by atoms with Crippen molar-refractivity contribution >= 4 is 17.3 Å². The number of carbonyl (C=O) groups excluding carboxylic acids is 1. The summed E-state index contributed by atoms with van der Waals surface area (Å²) in [5.74, 6) is 2.31. The fourth-order valence-corrected chi connectivity index (χ4v) is 2.72. The Kier molecular flexibility index (Phi) is 7.34. The Morgan fingerprint density at radius 3 is 2.19 bits per heavy atom. The number of carbonyl (C=O) groups is 1. The van der Waals surface area contributed by atoms with Crippen LogP contribution >= 0.6 is 0 Å². The summed E-state index contributed by atoms with van der Waals surface area (Å²) < 4.78 is 16.1. The smallest absolute Gasteiger partial charge is 0.224 e. The summed E-state index contributed by atoms with van der Waals surface area (Å²) in [5, 5.41) is 6.28. The SMILES string of the molecule is COc1cc(OC)c(OC)cc1CNc1cccc(NC(=O)CC(C)C)c1. The summed E-state index contributed by atoms with van der Waals surface area (Å²) in [6.45, 7) is 4.58. The molecule has 0 aliphatic carbocycles. The second-order valence-electron chi connectivity index (χ2n) is 6.60. The number of hydrogen-bond acceptors (Lipinski definition) is 5. The average molecular weight is 372 g/mol. The van der Waals surface area contributed by atoms with Gasteiger partial charge < -0.3 is 24.8 Å². The van der Waals surface area contributed by atoms with E-state index >= 15 is 0 Å². The van der Waals surface area contributed by atoms with Gasteiger partial charge in [0, 0.05) is 36.0 Å². The van der Waals surface area contributed by atoms with Gasteiger partial charge in [0.25, 0.3) is 0 Å². The van der Waals surface area contributed by atoms with E-state index in [0.717, 1.165) is 16.9 Å². The Labute approximate surface area is 160 Å². The van der Waals surface area contributed by atoms with Crippen LogP contribution in [-0.4, -0.2) is 27.2 Å². The predicted molar refractivity (Wildman–Crippen MR) is 108 cm³/mol. The molecular formula is C21H28N2O4. The first-order valence-corrected chi connectivity index (χ1v) is 8.89. The maximum atomic E-state index is 12.0. The van der Waals surface area contributed by atoms with Crippen LogP contribution in [0.15, 0.2) is 36.4 Å². The number of benzene rings is 2. The lowest BCUT2D eigenvalue weighted by atomic mass is 10.1. The number of amides is 1. The van der Waals surface area contributed by atoms with Crippen molar-refractivity contribution < 1.29 is 19.0 Å². The maximum Gasteiger partial charge on any atom is 0.224 e. The lowest BCUT2D eigenvalue weighted by Gasteiger charge is -2.15. The molecule has 0 saturated carbocycles. The van der Waals surface area contributed by atoms with Gasteiger partial charge in [-0.15, -0.1) is 0 Å². The molecule has 2 rings (SSSR count). The number of rotatable bonds is 9. The van der Waals surface area contributed by atoms with Gasteiger partial charge in [-0.1, -0.05) is 19.9 Å². The Balaban J connectivity index is 2.10. The predicted octanol–water partition coefficient (Wildman–Crippen LogP) is 4.31. The van der Waals surface area contributed by atoms with Gasteiger partial charge in [-0.2, -0.15) is 0 Å². The first kappa shape index (κ1) is 20.4. The molecule has 0 heterocycles. The van der Waals surface area contributed by atoms with Crippen molar-refractivity contribution in [3.8, 4) is 17.2 Å². The molecule has 6 heteroatoms. The highest BCUT2D eigenvalue weighted by Crippen LogP contribution is 2.35. The van der Waals surface area contributed by atoms with Gasteiger partial charge in [-0.3, -0.25) is 4.79 Å². The van der Waals surface area contributed by atoms with Crippen LogP contribution < -0.4 is 24.8 Å². The van der Waals surface area contributed by atoms with E-state index in [9.17, 15) is 4.79 Å². The molecule has 27 heavy (non-hydrogen) atoms. The van der Waals surface area contributed by atoms with E-state index in [2.05, 4.69) is 10.6 Å². The fourth-order valence-electron chi connectivity index (χ4n) is 2.72. The lowest BCUT2D eigenvalue weighted by molar-refractivity contribution is -0.116. The molecule has 0 spiro atoms. The summed E-state index contributed by atoms with van der Waals surface area (Å²) in [6.07, 6.45) is 0.500. The van der Waals surface area contributed by atoms with Gasteiger partial charge in [0.15, 0.2) is 11.5 Å². The highest BCUT2D eigenvalue weighted by molar-refractivity contribution is 5.91. The molecule has 0 radical (unpaired) electrons. The van der Waals surface area contributed by atoms with Crippen LogP contribution in [0.4, 0.5) is 11.4 Å². The number of ether oxygens (including phenoxy) is 3. The molecule has 1 amide bonds. The standard InChI is InChI=1S/C21H28N2O4/c1-14(2)9-21(24)23-17-8-6-7-16(11-17)22-13-15-10-19(26-4)20(27-5)12-18(15)25-3/h6-8,10-12,14,22H,9,13H2,1-5H3,(H,23,24). The quantitative estimate of drug-likeness (QED) is 0.686. The van der Waals surface area contributed by atoms with Gasteiger partial charge in [0.05, 0.1) is 21.3 Å². The molecule has 0 aromatic heterocycles. The van der Waals surface area contributed by atoms with E-state index in [0.29, 0.717) is 36.1 Å². The normalized spacial score (nSPS) is 10.4. The van der Waals surface area contributed by atoms with Crippen molar-refractivity contribution in [3.63, 3.8) is 0 Å². The molecule has 0 aliphatic rings. The highest BCUT2D eigenvalue weighted by atomic mass is 16.5. The number of nitrogens with one attached hydrogen (secondary N) is 2. The zero-order valence-corrected chi connectivity index (χ0v) is 16.6. The molecule has 2 aromatic carbocycles. The molecule has 0 saturated heterocycles. The van der Waals surface area contributed by atoms with Gasteiger partial charge >= 0.3 is 0 Å². The van der Waals surface area contributed by atoms with Crippen molar-refractivity contribution in [1.29, 1.82) is 0 Å². The third-order valence-electron chi connectivity index (χ3n) is 4.01. The summed E-state index contributed by atoms with van der Waals surface area (Å²) >= 11 is 0. The van der Waals surface area contributed by atoms with Crippen LogP contribution in [0, 0.1) is 5.92 Å².